The molecule has 0 aromatic heterocycles. The zero-order valence-electron chi connectivity index (χ0n) is 9.46. The van der Waals surface area contributed by atoms with Crippen molar-refractivity contribution in [3.63, 3.8) is 0 Å². The van der Waals surface area contributed by atoms with Crippen LogP contribution in [0.4, 0.5) is 13.2 Å². The molecule has 5 heteroatoms. The van der Waals surface area contributed by atoms with Crippen molar-refractivity contribution >= 4 is 11.9 Å². The van der Waals surface area contributed by atoms with E-state index in [0.717, 1.165) is 12.1 Å². The quantitative estimate of drug-likeness (QED) is 0.568. The molecular formula is C13H11F3O2. The van der Waals surface area contributed by atoms with Gasteiger partial charge in [-0.2, -0.15) is 13.2 Å². The van der Waals surface area contributed by atoms with Crippen molar-refractivity contribution in [1.29, 1.82) is 0 Å². The number of alkyl halides is 3. The topological polar surface area (TPSA) is 26.3 Å². The van der Waals surface area contributed by atoms with Crippen molar-refractivity contribution in [1.82, 2.24) is 0 Å². The second kappa shape index (κ2) is 4.84. The Labute approximate surface area is 102 Å². The monoisotopic (exact) mass is 256 g/mol. The van der Waals surface area contributed by atoms with Crippen LogP contribution in [0, 0.1) is 0 Å². The number of hydrogen-bond donors (Lipinski definition) is 0. The van der Waals surface area contributed by atoms with Crippen molar-refractivity contribution in [2.75, 3.05) is 6.61 Å². The molecule has 1 heterocycles. The molecule has 0 spiro atoms. The largest absolute Gasteiger partial charge is 0.493 e. The van der Waals surface area contributed by atoms with E-state index < -0.39 is 11.7 Å². The van der Waals surface area contributed by atoms with E-state index in [0.29, 0.717) is 36.9 Å². The predicted molar refractivity (Wildman–Crippen MR) is 60.2 cm³/mol. The van der Waals surface area contributed by atoms with Crippen LogP contribution in [0.15, 0.2) is 24.3 Å². The Morgan fingerprint density at radius 2 is 2.06 bits per heavy atom. The predicted octanol–water partition coefficient (Wildman–Crippen LogP) is 3.46. The van der Waals surface area contributed by atoms with E-state index in [4.69, 9.17) is 4.74 Å². The van der Waals surface area contributed by atoms with Crippen molar-refractivity contribution in [3.8, 4) is 5.75 Å². The summed E-state index contributed by atoms with van der Waals surface area (Å²) in [7, 11) is 0. The smallest absolute Gasteiger partial charge is 0.416 e. The van der Waals surface area contributed by atoms with Crippen LogP contribution in [0.25, 0.3) is 5.57 Å². The van der Waals surface area contributed by atoms with Crippen molar-refractivity contribution in [3.05, 3.63) is 35.4 Å². The van der Waals surface area contributed by atoms with Gasteiger partial charge in [-0.1, -0.05) is 6.07 Å². The minimum absolute atomic E-state index is 0.190. The molecular weight excluding hydrogens is 245 g/mol. The van der Waals surface area contributed by atoms with Crippen LogP contribution in [-0.2, 0) is 11.0 Å². The molecule has 0 atom stereocenters. The third-order valence-electron chi connectivity index (χ3n) is 2.77. The van der Waals surface area contributed by atoms with Gasteiger partial charge in [-0.15, -0.1) is 0 Å². The van der Waals surface area contributed by atoms with Gasteiger partial charge in [0, 0.05) is 5.56 Å². The molecule has 0 bridgehead atoms. The second-order valence-corrected chi connectivity index (χ2v) is 3.99. The summed E-state index contributed by atoms with van der Waals surface area (Å²) in [6.07, 6.45) is -1.07. The molecule has 1 aliphatic rings. The highest BCUT2D eigenvalue weighted by molar-refractivity contribution is 5.83. The number of allylic oxidation sites excluding steroid dienone is 2. The molecule has 96 valence electrons. The first kappa shape index (κ1) is 12.7. The lowest BCUT2D eigenvalue weighted by Crippen LogP contribution is -2.06. The molecule has 0 saturated heterocycles. The highest BCUT2D eigenvalue weighted by Gasteiger charge is 2.31. The Morgan fingerprint density at radius 3 is 2.72 bits per heavy atom. The van der Waals surface area contributed by atoms with Gasteiger partial charge in [0.2, 0.25) is 0 Å². The first-order valence-corrected chi connectivity index (χ1v) is 5.51. The van der Waals surface area contributed by atoms with E-state index in [1.165, 1.54) is 12.1 Å². The molecule has 0 N–H and O–H groups in total. The fourth-order valence-corrected chi connectivity index (χ4v) is 1.92. The first-order chi connectivity index (χ1) is 8.52. The maximum atomic E-state index is 12.6. The van der Waals surface area contributed by atoms with Gasteiger partial charge in [-0.3, -0.25) is 4.79 Å². The van der Waals surface area contributed by atoms with Crippen molar-refractivity contribution in [2.45, 2.75) is 19.0 Å². The third kappa shape index (κ3) is 2.55. The van der Waals surface area contributed by atoms with Gasteiger partial charge in [0.1, 0.15) is 12.0 Å². The minimum Gasteiger partial charge on any atom is -0.493 e. The molecule has 18 heavy (non-hydrogen) atoms. The molecule has 2 nitrogen and oxygen atoms in total. The Bertz CT molecular complexity index is 489. The van der Waals surface area contributed by atoms with E-state index in [1.54, 1.807) is 0 Å². The average Bonchev–Trinajstić information content (AvgIpc) is 2.51. The lowest BCUT2D eigenvalue weighted by atomic mass is 9.99. The summed E-state index contributed by atoms with van der Waals surface area (Å²) in [5, 5.41) is 0. The molecule has 1 aromatic carbocycles. The normalized spacial score (nSPS) is 17.8. The van der Waals surface area contributed by atoms with Gasteiger partial charge in [0.25, 0.3) is 0 Å². The SMILES string of the molecule is O=C/C=C1\CCCOc2cc(C(F)(F)F)ccc21. The number of hydrogen-bond acceptors (Lipinski definition) is 2. The lowest BCUT2D eigenvalue weighted by molar-refractivity contribution is -0.137. The lowest BCUT2D eigenvalue weighted by Gasteiger charge is -2.12. The highest BCUT2D eigenvalue weighted by Crippen LogP contribution is 2.37. The number of benzene rings is 1. The summed E-state index contributed by atoms with van der Waals surface area (Å²) in [5.41, 5.74) is 0.535. The van der Waals surface area contributed by atoms with E-state index in [1.807, 2.05) is 0 Å². The molecule has 0 saturated carbocycles. The number of rotatable bonds is 1. The van der Waals surface area contributed by atoms with Crippen LogP contribution < -0.4 is 4.74 Å². The fraction of sp³-hybridized carbons (Fsp3) is 0.308. The zero-order valence-corrected chi connectivity index (χ0v) is 9.46. The van der Waals surface area contributed by atoms with Crippen LogP contribution in [-0.4, -0.2) is 12.9 Å². The second-order valence-electron chi connectivity index (χ2n) is 3.99. The van der Waals surface area contributed by atoms with Crippen LogP contribution >= 0.6 is 0 Å². The van der Waals surface area contributed by atoms with Crippen LogP contribution in [0.2, 0.25) is 0 Å². The number of carbonyl (C=O) groups excluding carboxylic acids is 1. The maximum absolute atomic E-state index is 12.6. The maximum Gasteiger partial charge on any atom is 0.416 e. The molecule has 0 amide bonds. The molecule has 0 fully saturated rings. The number of halogens is 3. The summed E-state index contributed by atoms with van der Waals surface area (Å²) in [6.45, 7) is 0.352. The zero-order chi connectivity index (χ0) is 13.2. The van der Waals surface area contributed by atoms with Crippen molar-refractivity contribution in [2.24, 2.45) is 0 Å². The summed E-state index contributed by atoms with van der Waals surface area (Å²) < 4.78 is 43.0. The standard InChI is InChI=1S/C13H11F3O2/c14-13(15,16)10-3-4-11-9(5-6-17)2-1-7-18-12(11)8-10/h3-6,8H,1-2,7H2/b9-5+. The third-order valence-corrected chi connectivity index (χ3v) is 2.77. The van der Waals surface area contributed by atoms with E-state index in [-0.39, 0.29) is 5.75 Å². The van der Waals surface area contributed by atoms with Crippen LogP contribution in [0.3, 0.4) is 0 Å². The van der Waals surface area contributed by atoms with Gasteiger partial charge < -0.3 is 4.74 Å². The van der Waals surface area contributed by atoms with Gasteiger partial charge in [0.05, 0.1) is 12.2 Å². The Hall–Kier alpha value is -1.78. The minimum atomic E-state index is -4.39. The Balaban J connectivity index is 2.49. The number of fused-ring (bicyclic) bond motifs is 1. The number of carbonyl (C=O) groups is 1. The van der Waals surface area contributed by atoms with Crippen LogP contribution in [0.1, 0.15) is 24.0 Å². The molecule has 0 radical (unpaired) electrons. The number of aldehydes is 1. The van der Waals surface area contributed by atoms with Gasteiger partial charge in [-0.25, -0.2) is 0 Å². The summed E-state index contributed by atoms with van der Waals surface area (Å²) >= 11 is 0. The molecule has 1 aliphatic heterocycles. The first-order valence-electron chi connectivity index (χ1n) is 5.51. The molecule has 2 rings (SSSR count). The van der Waals surface area contributed by atoms with E-state index >= 15 is 0 Å². The summed E-state index contributed by atoms with van der Waals surface area (Å²) in [4.78, 5) is 10.5. The van der Waals surface area contributed by atoms with E-state index in [2.05, 4.69) is 0 Å². The number of ether oxygens (including phenoxy) is 1. The fourth-order valence-electron chi connectivity index (χ4n) is 1.92. The van der Waals surface area contributed by atoms with Gasteiger partial charge in [-0.05, 0) is 36.6 Å². The summed E-state index contributed by atoms with van der Waals surface area (Å²) in [6, 6.07) is 3.35. The average molecular weight is 256 g/mol. The van der Waals surface area contributed by atoms with E-state index in [9.17, 15) is 18.0 Å². The van der Waals surface area contributed by atoms with Gasteiger partial charge >= 0.3 is 6.18 Å². The van der Waals surface area contributed by atoms with Crippen molar-refractivity contribution < 1.29 is 22.7 Å². The van der Waals surface area contributed by atoms with Crippen LogP contribution in [0.5, 0.6) is 5.75 Å². The molecule has 0 unspecified atom stereocenters. The molecule has 0 aliphatic carbocycles. The highest BCUT2D eigenvalue weighted by atomic mass is 19.4. The van der Waals surface area contributed by atoms with Gasteiger partial charge in [0.15, 0.2) is 0 Å². The Morgan fingerprint density at radius 1 is 1.28 bits per heavy atom. The summed E-state index contributed by atoms with van der Waals surface area (Å²) in [5.74, 6) is 0.190. The molecule has 1 aromatic rings. The Kier molecular flexibility index (Phi) is 3.41.